The lowest BCUT2D eigenvalue weighted by Gasteiger charge is -2.19. The molecule has 0 heterocycles. The molecule has 3 aromatic rings. The molecule has 0 bridgehead atoms. The summed E-state index contributed by atoms with van der Waals surface area (Å²) in [4.78, 5) is 12.4. The van der Waals surface area contributed by atoms with Crippen molar-refractivity contribution in [1.82, 2.24) is 0 Å². The predicted octanol–water partition coefficient (Wildman–Crippen LogP) is 3.93. The summed E-state index contributed by atoms with van der Waals surface area (Å²) < 4.78 is 37.6. The summed E-state index contributed by atoms with van der Waals surface area (Å²) in [5.74, 6) is 0.702. The molecule has 8 heteroatoms. The maximum atomic E-state index is 12.7. The predicted molar refractivity (Wildman–Crippen MR) is 120 cm³/mol. The second-order valence-corrected chi connectivity index (χ2v) is 8.51. The molecular formula is C23H24N2O5S. The Kier molecular flexibility index (Phi) is 7.15. The van der Waals surface area contributed by atoms with Crippen LogP contribution in [0.1, 0.15) is 6.92 Å². The highest BCUT2D eigenvalue weighted by atomic mass is 32.2. The molecule has 0 fully saturated rings. The van der Waals surface area contributed by atoms with E-state index in [4.69, 9.17) is 9.47 Å². The molecule has 0 spiro atoms. The summed E-state index contributed by atoms with van der Waals surface area (Å²) in [5, 5.41) is 2.76. The maximum Gasteiger partial charge on any atom is 0.264 e. The first-order chi connectivity index (χ1) is 14.9. The van der Waals surface area contributed by atoms with E-state index in [2.05, 4.69) is 5.32 Å². The molecular weight excluding hydrogens is 416 g/mol. The molecule has 0 aromatic heterocycles. The number of hydrogen-bond donors (Lipinski definition) is 1. The minimum atomic E-state index is -3.66. The summed E-state index contributed by atoms with van der Waals surface area (Å²) >= 11 is 0. The SMILES string of the molecule is CCOc1ccccc1NC(=O)COc1ccc(N(C)S(=O)(=O)c2ccccc2)cc1. The number of anilines is 2. The van der Waals surface area contributed by atoms with E-state index in [1.54, 1.807) is 72.8 Å². The van der Waals surface area contributed by atoms with Crippen LogP contribution in [-0.4, -0.2) is 34.6 Å². The van der Waals surface area contributed by atoms with Gasteiger partial charge in [0.15, 0.2) is 6.61 Å². The number of carbonyl (C=O) groups excluding carboxylic acids is 1. The van der Waals surface area contributed by atoms with Gasteiger partial charge < -0.3 is 14.8 Å². The molecule has 0 aliphatic carbocycles. The van der Waals surface area contributed by atoms with Crippen molar-refractivity contribution in [3.05, 3.63) is 78.9 Å². The van der Waals surface area contributed by atoms with Gasteiger partial charge in [-0.1, -0.05) is 30.3 Å². The fourth-order valence-electron chi connectivity index (χ4n) is 2.83. The molecule has 3 rings (SSSR count). The highest BCUT2D eigenvalue weighted by molar-refractivity contribution is 7.92. The quantitative estimate of drug-likeness (QED) is 0.545. The second kappa shape index (κ2) is 9.99. The first-order valence-electron chi connectivity index (χ1n) is 9.70. The van der Waals surface area contributed by atoms with Gasteiger partial charge in [0.05, 0.1) is 22.9 Å². The van der Waals surface area contributed by atoms with E-state index >= 15 is 0 Å². The van der Waals surface area contributed by atoms with Gasteiger partial charge in [-0.2, -0.15) is 0 Å². The zero-order valence-corrected chi connectivity index (χ0v) is 18.1. The number of ether oxygens (including phenoxy) is 2. The zero-order chi connectivity index (χ0) is 22.3. The molecule has 0 saturated heterocycles. The minimum absolute atomic E-state index is 0.196. The second-order valence-electron chi connectivity index (χ2n) is 6.55. The summed E-state index contributed by atoms with van der Waals surface area (Å²) in [6.45, 7) is 2.16. The van der Waals surface area contributed by atoms with Gasteiger partial charge in [-0.15, -0.1) is 0 Å². The van der Waals surface area contributed by atoms with Crippen molar-refractivity contribution in [3.63, 3.8) is 0 Å². The Morgan fingerprint density at radius 3 is 2.23 bits per heavy atom. The van der Waals surface area contributed by atoms with Gasteiger partial charge in [0.2, 0.25) is 0 Å². The number of nitrogens with one attached hydrogen (secondary N) is 1. The van der Waals surface area contributed by atoms with Crippen LogP contribution in [0, 0.1) is 0 Å². The highest BCUT2D eigenvalue weighted by Crippen LogP contribution is 2.25. The van der Waals surface area contributed by atoms with Crippen LogP contribution in [-0.2, 0) is 14.8 Å². The Hall–Kier alpha value is -3.52. The van der Waals surface area contributed by atoms with E-state index in [0.29, 0.717) is 29.5 Å². The average Bonchev–Trinajstić information content (AvgIpc) is 2.79. The molecule has 0 aliphatic rings. The van der Waals surface area contributed by atoms with Crippen LogP contribution in [0.25, 0.3) is 0 Å². The zero-order valence-electron chi connectivity index (χ0n) is 17.3. The van der Waals surface area contributed by atoms with E-state index in [0.717, 1.165) is 0 Å². The van der Waals surface area contributed by atoms with Gasteiger partial charge in [0, 0.05) is 7.05 Å². The maximum absolute atomic E-state index is 12.7. The molecule has 31 heavy (non-hydrogen) atoms. The number of nitrogens with zero attached hydrogens (tertiary/aromatic N) is 1. The van der Waals surface area contributed by atoms with Crippen molar-refractivity contribution in [1.29, 1.82) is 0 Å². The van der Waals surface area contributed by atoms with E-state index in [1.165, 1.54) is 11.4 Å². The van der Waals surface area contributed by atoms with Gasteiger partial charge in [-0.3, -0.25) is 9.10 Å². The van der Waals surface area contributed by atoms with Gasteiger partial charge in [0.1, 0.15) is 11.5 Å². The number of hydrogen-bond acceptors (Lipinski definition) is 5. The van der Waals surface area contributed by atoms with Crippen LogP contribution in [0.4, 0.5) is 11.4 Å². The summed E-state index contributed by atoms with van der Waals surface area (Å²) in [5.41, 5.74) is 1.05. The first-order valence-corrected chi connectivity index (χ1v) is 11.1. The third kappa shape index (κ3) is 5.55. The first kappa shape index (κ1) is 22.2. The smallest absolute Gasteiger partial charge is 0.264 e. The van der Waals surface area contributed by atoms with Crippen LogP contribution in [0.15, 0.2) is 83.8 Å². The number of carbonyl (C=O) groups is 1. The highest BCUT2D eigenvalue weighted by Gasteiger charge is 2.20. The van der Waals surface area contributed by atoms with E-state index in [9.17, 15) is 13.2 Å². The summed E-state index contributed by atoms with van der Waals surface area (Å²) in [6, 6.07) is 21.8. The fraction of sp³-hybridized carbons (Fsp3) is 0.174. The molecule has 162 valence electrons. The van der Waals surface area contributed by atoms with Crippen molar-refractivity contribution < 1.29 is 22.7 Å². The largest absolute Gasteiger partial charge is 0.492 e. The van der Waals surface area contributed by atoms with Crippen molar-refractivity contribution in [2.75, 3.05) is 29.9 Å². The summed E-state index contributed by atoms with van der Waals surface area (Å²) in [6.07, 6.45) is 0. The monoisotopic (exact) mass is 440 g/mol. The molecule has 0 saturated carbocycles. The Morgan fingerprint density at radius 2 is 1.55 bits per heavy atom. The van der Waals surface area contributed by atoms with Gasteiger partial charge in [0.25, 0.3) is 15.9 Å². The normalized spacial score (nSPS) is 10.9. The summed E-state index contributed by atoms with van der Waals surface area (Å²) in [7, 11) is -2.17. The third-order valence-electron chi connectivity index (χ3n) is 4.43. The molecule has 0 aliphatic heterocycles. The van der Waals surface area contributed by atoms with Crippen molar-refractivity contribution in [2.24, 2.45) is 0 Å². The molecule has 3 aromatic carbocycles. The van der Waals surface area contributed by atoms with E-state index in [-0.39, 0.29) is 17.4 Å². The Morgan fingerprint density at radius 1 is 0.903 bits per heavy atom. The van der Waals surface area contributed by atoms with Crippen LogP contribution in [0.2, 0.25) is 0 Å². The minimum Gasteiger partial charge on any atom is -0.492 e. The van der Waals surface area contributed by atoms with Gasteiger partial charge in [-0.05, 0) is 55.5 Å². The topological polar surface area (TPSA) is 84.9 Å². The molecule has 1 N–H and O–H groups in total. The molecule has 0 radical (unpaired) electrons. The molecule has 1 amide bonds. The number of sulfonamides is 1. The Labute approximate surface area is 182 Å². The van der Waals surface area contributed by atoms with Gasteiger partial charge >= 0.3 is 0 Å². The lowest BCUT2D eigenvalue weighted by Crippen LogP contribution is -2.26. The average molecular weight is 441 g/mol. The molecule has 0 unspecified atom stereocenters. The van der Waals surface area contributed by atoms with Gasteiger partial charge in [-0.25, -0.2) is 8.42 Å². The lowest BCUT2D eigenvalue weighted by atomic mass is 10.3. The fourth-order valence-corrected chi connectivity index (χ4v) is 4.04. The van der Waals surface area contributed by atoms with Crippen molar-refractivity contribution in [2.45, 2.75) is 11.8 Å². The number of benzene rings is 3. The van der Waals surface area contributed by atoms with Crippen molar-refractivity contribution in [3.8, 4) is 11.5 Å². The Bertz CT molecular complexity index is 1120. The van der Waals surface area contributed by atoms with E-state index in [1.807, 2.05) is 13.0 Å². The number of amides is 1. The number of rotatable bonds is 9. The van der Waals surface area contributed by atoms with Crippen molar-refractivity contribution >= 4 is 27.3 Å². The van der Waals surface area contributed by atoms with Crippen LogP contribution < -0.4 is 19.1 Å². The molecule has 7 nitrogen and oxygen atoms in total. The third-order valence-corrected chi connectivity index (χ3v) is 6.23. The van der Waals surface area contributed by atoms with Crippen LogP contribution in [0.5, 0.6) is 11.5 Å². The van der Waals surface area contributed by atoms with Crippen LogP contribution in [0.3, 0.4) is 0 Å². The van der Waals surface area contributed by atoms with Crippen LogP contribution >= 0.6 is 0 Å². The lowest BCUT2D eigenvalue weighted by molar-refractivity contribution is -0.118. The standard InChI is InChI=1S/C23H24N2O5S/c1-3-29-22-12-8-7-11-21(22)24-23(26)17-30-19-15-13-18(14-16-19)25(2)31(27,28)20-9-5-4-6-10-20/h4-16H,3,17H2,1-2H3,(H,24,26). The Balaban J connectivity index is 1.60. The molecule has 0 atom stereocenters. The number of para-hydroxylation sites is 2. The van der Waals surface area contributed by atoms with E-state index < -0.39 is 10.0 Å².